The monoisotopic (exact) mass is 321 g/mol. The summed E-state index contributed by atoms with van der Waals surface area (Å²) in [6.07, 6.45) is 2.41. The molecule has 1 N–H and O–H groups in total. The molecule has 0 atom stereocenters. The summed E-state index contributed by atoms with van der Waals surface area (Å²) < 4.78 is 6.62. The van der Waals surface area contributed by atoms with Crippen molar-refractivity contribution >= 4 is 21.7 Å². The maximum Gasteiger partial charge on any atom is 0.238 e. The van der Waals surface area contributed by atoms with Gasteiger partial charge in [0.15, 0.2) is 0 Å². The fourth-order valence-corrected chi connectivity index (χ4v) is 2.14. The number of benzene rings is 1. The van der Waals surface area contributed by atoms with E-state index < -0.39 is 0 Å². The fourth-order valence-electron chi connectivity index (χ4n) is 1.72. The molecule has 19 heavy (non-hydrogen) atoms. The Morgan fingerprint density at radius 1 is 1.21 bits per heavy atom. The summed E-state index contributed by atoms with van der Waals surface area (Å²) in [5.74, 6) is 2.08. The van der Waals surface area contributed by atoms with Crippen LogP contribution in [0, 0.1) is 0 Å². The van der Waals surface area contributed by atoms with Gasteiger partial charge in [-0.25, -0.2) is 9.97 Å². The molecule has 0 amide bonds. The van der Waals surface area contributed by atoms with Gasteiger partial charge in [0.2, 0.25) is 5.88 Å². The zero-order valence-corrected chi connectivity index (χ0v) is 12.6. The molecule has 5 heteroatoms. The SMILES string of the molecule is CCNc1ncnc(Oc2ccccc2CC)c1Br. The van der Waals surface area contributed by atoms with Crippen molar-refractivity contribution in [2.24, 2.45) is 0 Å². The minimum atomic E-state index is 0.520. The first-order valence-electron chi connectivity index (χ1n) is 6.26. The molecule has 0 bridgehead atoms. The molecule has 0 aliphatic heterocycles. The Bertz CT molecular complexity index is 560. The molecule has 2 aromatic rings. The zero-order chi connectivity index (χ0) is 13.7. The number of hydrogen-bond acceptors (Lipinski definition) is 4. The van der Waals surface area contributed by atoms with Crippen LogP contribution < -0.4 is 10.1 Å². The molecule has 1 heterocycles. The van der Waals surface area contributed by atoms with Crippen molar-refractivity contribution in [1.29, 1.82) is 0 Å². The molecule has 0 unspecified atom stereocenters. The van der Waals surface area contributed by atoms with E-state index in [1.165, 1.54) is 6.33 Å². The van der Waals surface area contributed by atoms with Gasteiger partial charge in [0.05, 0.1) is 0 Å². The summed E-state index contributed by atoms with van der Waals surface area (Å²) in [4.78, 5) is 8.34. The molecule has 0 saturated heterocycles. The number of nitrogens with zero attached hydrogens (tertiary/aromatic N) is 2. The van der Waals surface area contributed by atoms with Crippen molar-refractivity contribution in [3.63, 3.8) is 0 Å². The van der Waals surface area contributed by atoms with Gasteiger partial charge in [-0.05, 0) is 40.9 Å². The third kappa shape index (κ3) is 3.23. The Morgan fingerprint density at radius 2 is 2.00 bits per heavy atom. The molecule has 0 fully saturated rings. The Morgan fingerprint density at radius 3 is 2.74 bits per heavy atom. The van der Waals surface area contributed by atoms with Crippen LogP contribution in [0.5, 0.6) is 11.6 Å². The van der Waals surface area contributed by atoms with Crippen molar-refractivity contribution in [2.45, 2.75) is 20.3 Å². The molecule has 0 aliphatic rings. The largest absolute Gasteiger partial charge is 0.437 e. The standard InChI is InChI=1S/C14H16BrN3O/c1-3-10-7-5-6-8-11(10)19-14-12(15)13(16-4-2)17-9-18-14/h5-9H,3-4H2,1-2H3,(H,16,17,18). The zero-order valence-electron chi connectivity index (χ0n) is 11.0. The van der Waals surface area contributed by atoms with Crippen LogP contribution >= 0.6 is 15.9 Å². The van der Waals surface area contributed by atoms with Gasteiger partial charge in [-0.2, -0.15) is 0 Å². The van der Waals surface area contributed by atoms with Crippen LogP contribution in [0.1, 0.15) is 19.4 Å². The van der Waals surface area contributed by atoms with Crippen molar-refractivity contribution in [3.8, 4) is 11.6 Å². The van der Waals surface area contributed by atoms with Gasteiger partial charge in [0, 0.05) is 6.54 Å². The van der Waals surface area contributed by atoms with Gasteiger partial charge in [0.1, 0.15) is 22.4 Å². The van der Waals surface area contributed by atoms with Gasteiger partial charge < -0.3 is 10.1 Å². The predicted molar refractivity (Wildman–Crippen MR) is 79.8 cm³/mol. The second-order valence-electron chi connectivity index (χ2n) is 3.94. The third-order valence-electron chi connectivity index (χ3n) is 2.66. The first-order chi connectivity index (χ1) is 9.26. The predicted octanol–water partition coefficient (Wildman–Crippen LogP) is 4.03. The van der Waals surface area contributed by atoms with E-state index in [0.717, 1.165) is 34.6 Å². The fraction of sp³-hybridized carbons (Fsp3) is 0.286. The average Bonchev–Trinajstić information content (AvgIpc) is 2.44. The Balaban J connectivity index is 2.30. The highest BCUT2D eigenvalue weighted by molar-refractivity contribution is 9.10. The molecule has 0 saturated carbocycles. The lowest BCUT2D eigenvalue weighted by atomic mass is 10.1. The van der Waals surface area contributed by atoms with Crippen LogP contribution in [0.15, 0.2) is 35.1 Å². The highest BCUT2D eigenvalue weighted by atomic mass is 79.9. The first kappa shape index (κ1) is 13.8. The number of nitrogens with one attached hydrogen (secondary N) is 1. The van der Waals surface area contributed by atoms with Crippen molar-refractivity contribution < 1.29 is 4.74 Å². The van der Waals surface area contributed by atoms with Crippen LogP contribution in [0.4, 0.5) is 5.82 Å². The summed E-state index contributed by atoms with van der Waals surface area (Å²) >= 11 is 3.47. The molecule has 1 aromatic carbocycles. The summed E-state index contributed by atoms with van der Waals surface area (Å²) in [5, 5.41) is 3.15. The van der Waals surface area contributed by atoms with Gasteiger partial charge in [-0.15, -0.1) is 0 Å². The Hall–Kier alpha value is -1.62. The first-order valence-corrected chi connectivity index (χ1v) is 7.05. The lowest BCUT2D eigenvalue weighted by Crippen LogP contribution is -2.02. The molecule has 4 nitrogen and oxygen atoms in total. The normalized spacial score (nSPS) is 10.3. The van der Waals surface area contributed by atoms with Gasteiger partial charge >= 0.3 is 0 Å². The molecule has 1 aromatic heterocycles. The van der Waals surface area contributed by atoms with E-state index in [9.17, 15) is 0 Å². The number of aromatic nitrogens is 2. The van der Waals surface area contributed by atoms with Crippen LogP contribution in [0.2, 0.25) is 0 Å². The summed E-state index contributed by atoms with van der Waals surface area (Å²) in [7, 11) is 0. The van der Waals surface area contributed by atoms with E-state index in [4.69, 9.17) is 4.74 Å². The molecule has 2 rings (SSSR count). The van der Waals surface area contributed by atoms with Crippen molar-refractivity contribution in [3.05, 3.63) is 40.6 Å². The lowest BCUT2D eigenvalue weighted by Gasteiger charge is -2.12. The Kier molecular flexibility index (Phi) is 4.74. The molecule has 0 spiro atoms. The van der Waals surface area contributed by atoms with Crippen molar-refractivity contribution in [2.75, 3.05) is 11.9 Å². The highest BCUT2D eigenvalue weighted by Gasteiger charge is 2.11. The number of ether oxygens (including phenoxy) is 1. The number of halogens is 1. The van der Waals surface area contributed by atoms with Gasteiger partial charge in [-0.3, -0.25) is 0 Å². The van der Waals surface area contributed by atoms with E-state index in [0.29, 0.717) is 5.88 Å². The maximum atomic E-state index is 5.88. The quantitative estimate of drug-likeness (QED) is 0.903. The van der Waals surface area contributed by atoms with E-state index in [2.05, 4.69) is 44.2 Å². The van der Waals surface area contributed by atoms with Crippen molar-refractivity contribution in [1.82, 2.24) is 9.97 Å². The summed E-state index contributed by atoms with van der Waals surface area (Å²) in [6, 6.07) is 7.95. The van der Waals surface area contributed by atoms with E-state index in [1.54, 1.807) is 0 Å². The highest BCUT2D eigenvalue weighted by Crippen LogP contribution is 2.33. The van der Waals surface area contributed by atoms with E-state index >= 15 is 0 Å². The third-order valence-corrected chi connectivity index (χ3v) is 3.38. The van der Waals surface area contributed by atoms with E-state index in [-0.39, 0.29) is 0 Å². The second kappa shape index (κ2) is 6.52. The second-order valence-corrected chi connectivity index (χ2v) is 4.73. The number of hydrogen-bond donors (Lipinski definition) is 1. The van der Waals surface area contributed by atoms with Crippen LogP contribution in [0.3, 0.4) is 0 Å². The smallest absolute Gasteiger partial charge is 0.238 e. The number of aryl methyl sites for hydroxylation is 1. The van der Waals surface area contributed by atoms with Crippen LogP contribution in [-0.4, -0.2) is 16.5 Å². The average molecular weight is 322 g/mol. The topological polar surface area (TPSA) is 47.0 Å². The summed E-state index contributed by atoms with van der Waals surface area (Å²) in [5.41, 5.74) is 1.15. The molecular weight excluding hydrogens is 306 g/mol. The van der Waals surface area contributed by atoms with E-state index in [1.807, 2.05) is 25.1 Å². The number of para-hydroxylation sites is 1. The van der Waals surface area contributed by atoms with Gasteiger partial charge in [0.25, 0.3) is 0 Å². The number of rotatable bonds is 5. The van der Waals surface area contributed by atoms with Crippen LogP contribution in [-0.2, 0) is 6.42 Å². The molecule has 0 aliphatic carbocycles. The van der Waals surface area contributed by atoms with Crippen LogP contribution in [0.25, 0.3) is 0 Å². The molecular formula is C14H16BrN3O. The number of anilines is 1. The minimum absolute atomic E-state index is 0.520. The summed E-state index contributed by atoms with van der Waals surface area (Å²) in [6.45, 7) is 4.91. The van der Waals surface area contributed by atoms with Gasteiger partial charge in [-0.1, -0.05) is 25.1 Å². The molecule has 0 radical (unpaired) electrons. The Labute approximate surface area is 121 Å². The maximum absolute atomic E-state index is 5.88. The molecule has 100 valence electrons. The minimum Gasteiger partial charge on any atom is -0.437 e. The lowest BCUT2D eigenvalue weighted by molar-refractivity contribution is 0.453.